The molecule has 0 spiro atoms. The highest BCUT2D eigenvalue weighted by Gasteiger charge is 2.23. The highest BCUT2D eigenvalue weighted by molar-refractivity contribution is 6.32. The summed E-state index contributed by atoms with van der Waals surface area (Å²) in [5.41, 5.74) is 5.15. The molecule has 3 aromatic rings. The summed E-state index contributed by atoms with van der Waals surface area (Å²) in [5, 5.41) is 20.1. The molecule has 38 heavy (non-hydrogen) atoms. The van der Waals surface area contributed by atoms with Gasteiger partial charge in [-0.15, -0.1) is 0 Å². The van der Waals surface area contributed by atoms with Crippen LogP contribution in [-0.2, 0) is 9.59 Å². The summed E-state index contributed by atoms with van der Waals surface area (Å²) in [6.07, 6.45) is 4.34. The van der Waals surface area contributed by atoms with Gasteiger partial charge in [-0.25, -0.2) is 9.18 Å². The third-order valence-corrected chi connectivity index (χ3v) is 6.27. The Morgan fingerprint density at radius 2 is 1.68 bits per heavy atom. The molecule has 0 bridgehead atoms. The van der Waals surface area contributed by atoms with Crippen LogP contribution in [0.4, 0.5) is 10.1 Å². The van der Waals surface area contributed by atoms with E-state index in [0.717, 1.165) is 28.3 Å². The Morgan fingerprint density at radius 1 is 1.03 bits per heavy atom. The molecule has 7 heteroatoms. The molecule has 196 valence electrons. The first-order valence-corrected chi connectivity index (χ1v) is 12.5. The van der Waals surface area contributed by atoms with E-state index in [1.165, 1.54) is 24.4 Å². The van der Waals surface area contributed by atoms with E-state index in [1.54, 1.807) is 12.1 Å². The molecule has 0 fully saturated rings. The van der Waals surface area contributed by atoms with E-state index in [0.29, 0.717) is 28.8 Å². The van der Waals surface area contributed by atoms with E-state index < -0.39 is 17.2 Å². The minimum atomic E-state index is -1.04. The maximum absolute atomic E-state index is 13.9. The van der Waals surface area contributed by atoms with Crippen LogP contribution >= 0.6 is 11.6 Å². The average molecular weight is 533 g/mol. The lowest BCUT2D eigenvalue weighted by Gasteiger charge is -2.21. The number of rotatable bonds is 8. The summed E-state index contributed by atoms with van der Waals surface area (Å²) < 4.78 is 13.9. The monoisotopic (exact) mass is 532 g/mol. The van der Waals surface area contributed by atoms with Crippen LogP contribution in [0.5, 0.6) is 0 Å². The van der Waals surface area contributed by atoms with Crippen LogP contribution in [0.1, 0.15) is 61.9 Å². The van der Waals surface area contributed by atoms with Crippen LogP contribution in [0.3, 0.4) is 0 Å². The van der Waals surface area contributed by atoms with Crippen LogP contribution in [0.25, 0.3) is 17.2 Å². The Morgan fingerprint density at radius 3 is 2.24 bits per heavy atom. The van der Waals surface area contributed by atoms with Crippen LogP contribution in [-0.4, -0.2) is 23.2 Å². The molecule has 3 rings (SSSR count). The van der Waals surface area contributed by atoms with Crippen molar-refractivity contribution in [1.82, 2.24) is 0 Å². The van der Waals surface area contributed by atoms with Gasteiger partial charge >= 0.3 is 5.97 Å². The van der Waals surface area contributed by atoms with Gasteiger partial charge in [0.25, 0.3) is 0 Å². The van der Waals surface area contributed by atoms with Crippen molar-refractivity contribution in [3.05, 3.63) is 105 Å². The summed E-state index contributed by atoms with van der Waals surface area (Å²) in [7, 11) is 0. The second-order valence-corrected chi connectivity index (χ2v) is 10.2. The number of carbonyl (C=O) groups is 2. The molecule has 0 aliphatic carbocycles. The van der Waals surface area contributed by atoms with E-state index in [2.05, 4.69) is 5.32 Å². The van der Waals surface area contributed by atoms with Crippen molar-refractivity contribution in [2.24, 2.45) is 5.41 Å². The van der Waals surface area contributed by atoms with Crippen LogP contribution in [0.15, 0.2) is 66.7 Å². The van der Waals surface area contributed by atoms with E-state index in [1.807, 2.05) is 64.1 Å². The first kappa shape index (κ1) is 28.5. The van der Waals surface area contributed by atoms with Gasteiger partial charge in [0.15, 0.2) is 0 Å². The molecule has 0 unspecified atom stereocenters. The molecule has 0 aliphatic rings. The largest absolute Gasteiger partial charge is 0.478 e. The van der Waals surface area contributed by atoms with Gasteiger partial charge in [0.1, 0.15) is 5.82 Å². The Kier molecular flexibility index (Phi) is 9.02. The molecule has 0 atom stereocenters. The van der Waals surface area contributed by atoms with E-state index >= 15 is 0 Å². The molecule has 0 saturated carbocycles. The fraction of sp³-hybridized carbons (Fsp3) is 0.194. The van der Waals surface area contributed by atoms with Gasteiger partial charge in [-0.05, 0) is 70.2 Å². The molecule has 3 aromatic carbocycles. The van der Waals surface area contributed by atoms with Gasteiger partial charge in [-0.2, -0.15) is 0 Å². The maximum Gasteiger partial charge on any atom is 0.328 e. The smallest absolute Gasteiger partial charge is 0.328 e. The molecule has 0 radical (unpaired) electrons. The topological polar surface area (TPSA) is 90.2 Å². The number of amides is 1. The number of hydrogen-bond acceptors (Lipinski definition) is 3. The molecule has 0 aliphatic heterocycles. The van der Waals surface area contributed by atoms with Gasteiger partial charge in [0, 0.05) is 29.0 Å². The predicted molar refractivity (Wildman–Crippen MR) is 153 cm³/mol. The lowest BCUT2D eigenvalue weighted by atomic mass is 9.87. The molecule has 1 amide bonds. The molecule has 0 heterocycles. The van der Waals surface area contributed by atoms with Crippen molar-refractivity contribution < 1.29 is 19.1 Å². The molecule has 0 saturated heterocycles. The van der Waals surface area contributed by atoms with Crippen molar-refractivity contribution in [1.29, 1.82) is 5.41 Å². The Balaban J connectivity index is 2.24. The van der Waals surface area contributed by atoms with Gasteiger partial charge in [-0.1, -0.05) is 75.7 Å². The fourth-order valence-corrected chi connectivity index (χ4v) is 4.22. The average Bonchev–Trinajstić information content (AvgIpc) is 2.86. The van der Waals surface area contributed by atoms with Gasteiger partial charge in [0.2, 0.25) is 5.91 Å². The number of aliphatic carboxylic acids is 1. The van der Waals surface area contributed by atoms with Gasteiger partial charge in [-0.3, -0.25) is 4.79 Å². The molecule has 5 nitrogen and oxygen atoms in total. The number of halogens is 2. The number of anilines is 1. The summed E-state index contributed by atoms with van der Waals surface area (Å²) in [6.45, 7) is 7.43. The zero-order valence-electron chi connectivity index (χ0n) is 21.7. The molecular weight excluding hydrogens is 503 g/mol. The number of carboxylic acids is 1. The second kappa shape index (κ2) is 12.0. The lowest BCUT2D eigenvalue weighted by molar-refractivity contribution is -0.131. The third kappa shape index (κ3) is 6.84. The lowest BCUT2D eigenvalue weighted by Crippen LogP contribution is -2.28. The highest BCUT2D eigenvalue weighted by atomic mass is 35.5. The summed E-state index contributed by atoms with van der Waals surface area (Å²) in [6, 6.07) is 17.1. The zero-order chi connectivity index (χ0) is 28.0. The Hall–Kier alpha value is -4.03. The minimum Gasteiger partial charge on any atom is -0.478 e. The fourth-order valence-electron chi connectivity index (χ4n) is 3.94. The maximum atomic E-state index is 13.9. The SMILES string of the molecule is CC/C(=C(/c1ccc(/C=C/C(=O)O)cc1)c1ccc(NC(=O)C(C)(C)C)c(C=N)c1)c1ccc(F)cc1Cl. The number of carbonyl (C=O) groups excluding carboxylic acids is 1. The van der Waals surface area contributed by atoms with Gasteiger partial charge < -0.3 is 15.8 Å². The van der Waals surface area contributed by atoms with Crippen LogP contribution in [0, 0.1) is 16.6 Å². The zero-order valence-corrected chi connectivity index (χ0v) is 22.5. The summed E-state index contributed by atoms with van der Waals surface area (Å²) >= 11 is 6.48. The Bertz CT molecular complexity index is 1430. The first-order valence-electron chi connectivity index (χ1n) is 12.1. The number of carboxylic acid groups (broad SMARTS) is 1. The number of nitrogens with one attached hydrogen (secondary N) is 2. The molecular formula is C31H30ClFN2O3. The van der Waals surface area contributed by atoms with Crippen molar-refractivity contribution >= 4 is 52.6 Å². The van der Waals surface area contributed by atoms with Crippen LogP contribution < -0.4 is 5.32 Å². The summed E-state index contributed by atoms with van der Waals surface area (Å²) in [4.78, 5) is 23.5. The predicted octanol–water partition coefficient (Wildman–Crippen LogP) is 7.93. The third-order valence-electron chi connectivity index (χ3n) is 5.95. The van der Waals surface area contributed by atoms with E-state index in [9.17, 15) is 14.0 Å². The van der Waals surface area contributed by atoms with Crippen molar-refractivity contribution in [3.63, 3.8) is 0 Å². The molecule has 0 aromatic heterocycles. The minimum absolute atomic E-state index is 0.165. The number of hydrogen-bond donors (Lipinski definition) is 3. The quantitative estimate of drug-likeness (QED) is 0.156. The van der Waals surface area contributed by atoms with Crippen LogP contribution in [0.2, 0.25) is 5.02 Å². The Labute approximate surface area is 227 Å². The second-order valence-electron chi connectivity index (χ2n) is 9.78. The van der Waals surface area contributed by atoms with E-state index in [-0.39, 0.29) is 10.9 Å². The number of benzene rings is 3. The molecule has 3 N–H and O–H groups in total. The van der Waals surface area contributed by atoms with E-state index in [4.69, 9.17) is 22.1 Å². The standard InChI is InChI=1S/C31H30ClFN2O3/c1-5-24(25-13-12-23(33)17-26(25)32)29(20-9-6-19(7-10-20)8-15-28(36)37)21-11-14-27(22(16-21)18-34)35-30(38)31(2,3)4/h6-18,34H,5H2,1-4H3,(H,35,38)(H,36,37)/b15-8+,29-24+,34-18?. The van der Waals surface area contributed by atoms with Crippen molar-refractivity contribution in [2.45, 2.75) is 34.1 Å². The first-order chi connectivity index (χ1) is 17.9. The van der Waals surface area contributed by atoms with Gasteiger partial charge in [0.05, 0.1) is 5.02 Å². The number of allylic oxidation sites excluding steroid dienone is 1. The summed E-state index contributed by atoms with van der Waals surface area (Å²) in [5.74, 6) is -1.64. The van der Waals surface area contributed by atoms with Crippen molar-refractivity contribution in [3.8, 4) is 0 Å². The highest BCUT2D eigenvalue weighted by Crippen LogP contribution is 2.38. The van der Waals surface area contributed by atoms with Crippen molar-refractivity contribution in [2.75, 3.05) is 5.32 Å². The normalized spacial score (nSPS) is 12.3.